The first kappa shape index (κ1) is 27.6. The van der Waals surface area contributed by atoms with E-state index in [0.717, 1.165) is 53.1 Å². The summed E-state index contributed by atoms with van der Waals surface area (Å²) in [5, 5.41) is 4.06. The molecule has 0 spiro atoms. The minimum atomic E-state index is -0.536. The molecule has 3 heterocycles. The van der Waals surface area contributed by atoms with Crippen molar-refractivity contribution in [3.63, 3.8) is 0 Å². The van der Waals surface area contributed by atoms with Crippen LogP contribution in [0.15, 0.2) is 48.5 Å². The molecule has 5 rings (SSSR count). The fraction of sp³-hybridized carbons (Fsp3) is 0.452. The molecule has 0 bridgehead atoms. The van der Waals surface area contributed by atoms with Gasteiger partial charge in [-0.15, -0.1) is 0 Å². The molecule has 212 valence electrons. The van der Waals surface area contributed by atoms with Crippen molar-refractivity contribution in [1.29, 1.82) is 0 Å². The Morgan fingerprint density at radius 3 is 2.55 bits per heavy atom. The first-order chi connectivity index (χ1) is 19.1. The van der Waals surface area contributed by atoms with Crippen molar-refractivity contribution >= 4 is 28.6 Å². The normalized spacial score (nSPS) is 18.7. The van der Waals surface area contributed by atoms with Gasteiger partial charge in [0, 0.05) is 49.4 Å². The zero-order chi connectivity index (χ0) is 28.4. The number of hydrogen-bond donors (Lipinski definition) is 1. The Morgan fingerprint density at radius 2 is 1.85 bits per heavy atom. The Bertz CT molecular complexity index is 1380. The number of aromatic nitrogens is 1. The van der Waals surface area contributed by atoms with E-state index in [1.165, 1.54) is 4.90 Å². The van der Waals surface area contributed by atoms with Gasteiger partial charge in [-0.2, -0.15) is 0 Å². The molecule has 0 aliphatic carbocycles. The molecule has 0 saturated carbocycles. The van der Waals surface area contributed by atoms with Crippen LogP contribution < -0.4 is 19.7 Å². The molecule has 2 fully saturated rings. The molecule has 2 atom stereocenters. The zero-order valence-electron chi connectivity index (χ0n) is 23.9. The molecule has 2 aromatic carbocycles. The zero-order valence-corrected chi connectivity index (χ0v) is 23.9. The Hall–Kier alpha value is -4.01. The summed E-state index contributed by atoms with van der Waals surface area (Å²) in [7, 11) is 3.35. The van der Waals surface area contributed by atoms with Gasteiger partial charge in [0.25, 0.3) is 0 Å². The average molecular weight is 547 g/mol. The molecule has 2 saturated heterocycles. The molecular formula is C31H38N4O5. The van der Waals surface area contributed by atoms with E-state index in [1.54, 1.807) is 14.2 Å². The highest BCUT2D eigenvalue weighted by Gasteiger charge is 2.40. The summed E-state index contributed by atoms with van der Waals surface area (Å²) in [4.78, 5) is 33.5. The lowest BCUT2D eigenvalue weighted by Crippen LogP contribution is -2.41. The third-order valence-corrected chi connectivity index (χ3v) is 7.48. The van der Waals surface area contributed by atoms with Crippen LogP contribution in [-0.2, 0) is 9.53 Å². The van der Waals surface area contributed by atoms with Crippen LogP contribution in [0.2, 0.25) is 0 Å². The molecule has 2 amide bonds. The molecular weight excluding hydrogens is 508 g/mol. The number of nitrogens with zero attached hydrogens (tertiary/aromatic N) is 3. The quantitative estimate of drug-likeness (QED) is 0.458. The monoisotopic (exact) mass is 546 g/mol. The van der Waals surface area contributed by atoms with Crippen molar-refractivity contribution in [2.45, 2.75) is 32.8 Å². The van der Waals surface area contributed by atoms with Crippen molar-refractivity contribution < 1.29 is 23.8 Å². The summed E-state index contributed by atoms with van der Waals surface area (Å²) in [6, 6.07) is 15.9. The molecule has 9 nitrogen and oxygen atoms in total. The second kappa shape index (κ2) is 11.2. The highest BCUT2D eigenvalue weighted by molar-refractivity contribution is 5.95. The van der Waals surface area contributed by atoms with Crippen molar-refractivity contribution in [2.24, 2.45) is 11.8 Å². The van der Waals surface area contributed by atoms with Gasteiger partial charge in [0.1, 0.15) is 23.7 Å². The lowest BCUT2D eigenvalue weighted by molar-refractivity contribution is -0.127. The number of ether oxygens (including phenoxy) is 3. The number of rotatable bonds is 7. The smallest absolute Gasteiger partial charge is 0.410 e. The van der Waals surface area contributed by atoms with E-state index in [1.807, 2.05) is 63.2 Å². The molecule has 9 heteroatoms. The van der Waals surface area contributed by atoms with Crippen LogP contribution in [0.25, 0.3) is 22.2 Å². The highest BCUT2D eigenvalue weighted by atomic mass is 16.6. The first-order valence-electron chi connectivity index (χ1n) is 13.8. The summed E-state index contributed by atoms with van der Waals surface area (Å²) in [6.07, 6.45) is 0.630. The fourth-order valence-corrected chi connectivity index (χ4v) is 5.35. The van der Waals surface area contributed by atoms with E-state index in [9.17, 15) is 9.59 Å². The van der Waals surface area contributed by atoms with Gasteiger partial charge >= 0.3 is 6.09 Å². The van der Waals surface area contributed by atoms with E-state index in [0.29, 0.717) is 31.4 Å². The van der Waals surface area contributed by atoms with E-state index in [-0.39, 0.29) is 17.9 Å². The summed E-state index contributed by atoms with van der Waals surface area (Å²) in [6.45, 7) is 8.59. The Labute approximate surface area is 235 Å². The summed E-state index contributed by atoms with van der Waals surface area (Å²) >= 11 is 0. The van der Waals surface area contributed by atoms with Crippen LogP contribution in [0, 0.1) is 11.8 Å². The van der Waals surface area contributed by atoms with Crippen LogP contribution in [0.4, 0.5) is 10.5 Å². The van der Waals surface area contributed by atoms with Crippen LogP contribution >= 0.6 is 0 Å². The van der Waals surface area contributed by atoms with E-state index in [4.69, 9.17) is 19.2 Å². The number of benzene rings is 2. The number of carbonyl (C=O) groups is 2. The maximum atomic E-state index is 12.5. The van der Waals surface area contributed by atoms with Crippen LogP contribution in [0.1, 0.15) is 27.2 Å². The van der Waals surface area contributed by atoms with Crippen LogP contribution in [0.3, 0.4) is 0 Å². The highest BCUT2D eigenvalue weighted by Crippen LogP contribution is 2.38. The Balaban J connectivity index is 1.34. The molecule has 1 aromatic heterocycles. The number of pyridine rings is 1. The number of hydrogen-bond acceptors (Lipinski definition) is 7. The minimum Gasteiger partial charge on any atom is -0.497 e. The van der Waals surface area contributed by atoms with Crippen molar-refractivity contribution in [1.82, 2.24) is 15.2 Å². The van der Waals surface area contributed by atoms with E-state index < -0.39 is 5.60 Å². The summed E-state index contributed by atoms with van der Waals surface area (Å²) in [5.74, 6) is 2.00. The second-order valence-corrected chi connectivity index (χ2v) is 11.5. The Kier molecular flexibility index (Phi) is 7.74. The molecule has 2 aliphatic heterocycles. The van der Waals surface area contributed by atoms with Gasteiger partial charge in [-0.25, -0.2) is 9.78 Å². The van der Waals surface area contributed by atoms with Crippen molar-refractivity contribution in [3.8, 4) is 22.8 Å². The predicted molar refractivity (Wildman–Crippen MR) is 155 cm³/mol. The van der Waals surface area contributed by atoms with E-state index in [2.05, 4.69) is 16.3 Å². The van der Waals surface area contributed by atoms with Gasteiger partial charge in [0.15, 0.2) is 0 Å². The first-order valence-corrected chi connectivity index (χ1v) is 13.8. The van der Waals surface area contributed by atoms with Crippen molar-refractivity contribution in [2.75, 3.05) is 51.8 Å². The number of anilines is 1. The SMILES string of the molecule is COc1ccc2c(N3C[C@@H]4CCNC(=O)[C@@H]4C3)cc(-c3ccc(OCCN(C)C(=O)OC(C)(C)C)cc3)nc2c1. The lowest BCUT2D eigenvalue weighted by Gasteiger charge is -2.24. The number of fused-ring (bicyclic) bond motifs is 2. The van der Waals surface area contributed by atoms with Gasteiger partial charge in [-0.05, 0) is 75.6 Å². The van der Waals surface area contributed by atoms with Gasteiger partial charge in [-0.1, -0.05) is 0 Å². The molecule has 1 N–H and O–H groups in total. The largest absolute Gasteiger partial charge is 0.497 e. The van der Waals surface area contributed by atoms with Crippen molar-refractivity contribution in [3.05, 3.63) is 48.5 Å². The molecule has 3 aromatic rings. The molecule has 0 unspecified atom stereocenters. The predicted octanol–water partition coefficient (Wildman–Crippen LogP) is 4.73. The number of carbonyl (C=O) groups excluding carboxylic acids is 2. The Morgan fingerprint density at radius 1 is 1.10 bits per heavy atom. The molecule has 0 radical (unpaired) electrons. The topological polar surface area (TPSA) is 93.2 Å². The minimum absolute atomic E-state index is 0.0180. The maximum absolute atomic E-state index is 12.5. The van der Waals surface area contributed by atoms with Gasteiger partial charge in [-0.3, -0.25) is 4.79 Å². The summed E-state index contributed by atoms with van der Waals surface area (Å²) in [5.41, 5.74) is 3.18. The standard InChI is InChI=1S/C31H38N4O5/c1-31(2,3)40-30(37)34(4)14-15-39-22-8-6-20(7-9-22)26-17-28(24-11-10-23(38-5)16-27(24)33-26)35-18-21-12-13-32-29(36)25(21)19-35/h6-11,16-17,21,25H,12-15,18-19H2,1-5H3,(H,32,36)/t21-,25+/m0/s1. The molecule has 40 heavy (non-hydrogen) atoms. The fourth-order valence-electron chi connectivity index (χ4n) is 5.35. The number of nitrogens with one attached hydrogen (secondary N) is 1. The van der Waals surface area contributed by atoms with Crippen LogP contribution in [0.5, 0.6) is 11.5 Å². The number of methoxy groups -OCH3 is 1. The lowest BCUT2D eigenvalue weighted by atomic mass is 9.89. The number of amides is 2. The number of piperidine rings is 1. The second-order valence-electron chi connectivity index (χ2n) is 11.5. The number of likely N-dealkylation sites (N-methyl/N-ethyl adjacent to an activating group) is 1. The van der Waals surface area contributed by atoms with Gasteiger partial charge in [0.05, 0.1) is 30.8 Å². The average Bonchev–Trinajstić information content (AvgIpc) is 3.37. The molecule has 2 aliphatic rings. The third kappa shape index (κ3) is 6.08. The summed E-state index contributed by atoms with van der Waals surface area (Å²) < 4.78 is 16.7. The van der Waals surface area contributed by atoms with Crippen LogP contribution in [-0.4, -0.2) is 74.4 Å². The van der Waals surface area contributed by atoms with Gasteiger partial charge < -0.3 is 29.3 Å². The van der Waals surface area contributed by atoms with Gasteiger partial charge in [0.2, 0.25) is 5.91 Å². The van der Waals surface area contributed by atoms with E-state index >= 15 is 0 Å². The third-order valence-electron chi connectivity index (χ3n) is 7.48. The maximum Gasteiger partial charge on any atom is 0.410 e.